The molecule has 4 nitrogen and oxygen atoms in total. The topological polar surface area (TPSA) is 62.5 Å². The van der Waals surface area contributed by atoms with Crippen LogP contribution >= 0.6 is 0 Å². The summed E-state index contributed by atoms with van der Waals surface area (Å²) in [4.78, 5) is 11.9. The van der Waals surface area contributed by atoms with E-state index in [0.717, 1.165) is 5.56 Å². The highest BCUT2D eigenvalue weighted by atomic mass is 16.4. The van der Waals surface area contributed by atoms with Crippen molar-refractivity contribution in [1.29, 1.82) is 0 Å². The monoisotopic (exact) mass is 313 g/mol. The number of rotatable bonds is 8. The molecule has 2 unspecified atom stereocenters. The van der Waals surface area contributed by atoms with Crippen molar-refractivity contribution in [3.8, 4) is 0 Å². The van der Waals surface area contributed by atoms with E-state index >= 15 is 0 Å². The molecule has 1 aromatic heterocycles. The van der Waals surface area contributed by atoms with Crippen LogP contribution in [0.2, 0.25) is 0 Å². The third kappa shape index (κ3) is 6.12. The fourth-order valence-corrected chi connectivity index (χ4v) is 2.34. The van der Waals surface area contributed by atoms with Crippen LogP contribution in [-0.4, -0.2) is 17.1 Å². The van der Waals surface area contributed by atoms with E-state index in [1.807, 2.05) is 49.4 Å². The molecule has 1 amide bonds. The fraction of sp³-hybridized carbons (Fsp3) is 0.316. The fourth-order valence-electron chi connectivity index (χ4n) is 2.34. The molecule has 2 aromatic rings. The van der Waals surface area contributed by atoms with Crippen LogP contribution in [0.15, 0.2) is 59.2 Å². The number of allylic oxidation sites excluding steroid dienone is 1. The molecule has 0 spiro atoms. The van der Waals surface area contributed by atoms with Crippen LogP contribution in [0.1, 0.15) is 43.6 Å². The SMILES string of the molecule is CC(CC(O)c1ccco1)NC(=O)CC/C=C/c1ccccc1. The Morgan fingerprint density at radius 1 is 1.26 bits per heavy atom. The van der Waals surface area contributed by atoms with Crippen LogP contribution in [0.4, 0.5) is 0 Å². The Hall–Kier alpha value is -2.33. The smallest absolute Gasteiger partial charge is 0.220 e. The van der Waals surface area contributed by atoms with E-state index in [2.05, 4.69) is 5.32 Å². The number of aliphatic hydroxyl groups excluding tert-OH is 1. The van der Waals surface area contributed by atoms with Crippen LogP contribution in [0.3, 0.4) is 0 Å². The van der Waals surface area contributed by atoms with E-state index in [1.165, 1.54) is 6.26 Å². The molecule has 0 aliphatic rings. The van der Waals surface area contributed by atoms with Crippen LogP contribution < -0.4 is 5.32 Å². The number of carbonyl (C=O) groups excluding carboxylic acids is 1. The van der Waals surface area contributed by atoms with E-state index in [-0.39, 0.29) is 11.9 Å². The first-order valence-corrected chi connectivity index (χ1v) is 7.87. The molecule has 2 atom stereocenters. The first kappa shape index (κ1) is 17.0. The first-order chi connectivity index (χ1) is 11.1. The number of benzene rings is 1. The van der Waals surface area contributed by atoms with Crippen molar-refractivity contribution in [3.05, 3.63) is 66.1 Å². The Bertz CT molecular complexity index is 605. The molecule has 0 bridgehead atoms. The standard InChI is InChI=1S/C19H23NO3/c1-15(14-17(21)18-11-7-13-23-18)20-19(22)12-6-5-10-16-8-3-2-4-9-16/h2-5,7-11,13,15,17,21H,6,12,14H2,1H3,(H,20,22)/b10-5+. The Morgan fingerprint density at radius 2 is 2.04 bits per heavy atom. The van der Waals surface area contributed by atoms with Crippen molar-refractivity contribution in [1.82, 2.24) is 5.32 Å². The lowest BCUT2D eigenvalue weighted by Crippen LogP contribution is -2.33. The molecule has 0 fully saturated rings. The summed E-state index contributed by atoms with van der Waals surface area (Å²) < 4.78 is 5.15. The van der Waals surface area contributed by atoms with E-state index in [1.54, 1.807) is 12.1 Å². The normalized spacial score (nSPS) is 13.8. The molecule has 122 valence electrons. The second-order valence-corrected chi connectivity index (χ2v) is 5.59. The van der Waals surface area contributed by atoms with E-state index < -0.39 is 6.10 Å². The Morgan fingerprint density at radius 3 is 2.74 bits per heavy atom. The molecule has 0 aliphatic heterocycles. The summed E-state index contributed by atoms with van der Waals surface area (Å²) in [6.45, 7) is 1.88. The van der Waals surface area contributed by atoms with Crippen molar-refractivity contribution in [2.45, 2.75) is 38.3 Å². The number of carbonyl (C=O) groups is 1. The second-order valence-electron chi connectivity index (χ2n) is 5.59. The Kier molecular flexibility index (Phi) is 6.63. The van der Waals surface area contributed by atoms with Crippen molar-refractivity contribution >= 4 is 12.0 Å². The summed E-state index contributed by atoms with van der Waals surface area (Å²) in [6.07, 6.45) is 6.39. The molecule has 1 aromatic carbocycles. The molecular formula is C19H23NO3. The number of hydrogen-bond acceptors (Lipinski definition) is 3. The maximum atomic E-state index is 11.9. The first-order valence-electron chi connectivity index (χ1n) is 7.87. The van der Waals surface area contributed by atoms with Gasteiger partial charge in [0, 0.05) is 18.9 Å². The average Bonchev–Trinajstić information content (AvgIpc) is 3.07. The lowest BCUT2D eigenvalue weighted by molar-refractivity contribution is -0.121. The van der Waals surface area contributed by atoms with Crippen molar-refractivity contribution < 1.29 is 14.3 Å². The third-order valence-electron chi connectivity index (χ3n) is 3.50. The van der Waals surface area contributed by atoms with Gasteiger partial charge in [-0.15, -0.1) is 0 Å². The van der Waals surface area contributed by atoms with Gasteiger partial charge in [0.15, 0.2) is 0 Å². The highest BCUT2D eigenvalue weighted by Crippen LogP contribution is 2.18. The predicted octanol–water partition coefficient (Wildman–Crippen LogP) is 3.70. The van der Waals surface area contributed by atoms with Gasteiger partial charge < -0.3 is 14.8 Å². The Labute approximate surface area is 136 Å². The molecule has 1 heterocycles. The van der Waals surface area contributed by atoms with Gasteiger partial charge in [0.1, 0.15) is 11.9 Å². The van der Waals surface area contributed by atoms with Crippen molar-refractivity contribution in [3.63, 3.8) is 0 Å². The minimum atomic E-state index is -0.696. The summed E-state index contributed by atoms with van der Waals surface area (Å²) >= 11 is 0. The van der Waals surface area contributed by atoms with Gasteiger partial charge in [-0.2, -0.15) is 0 Å². The molecule has 0 saturated carbocycles. The maximum Gasteiger partial charge on any atom is 0.220 e. The number of hydrogen-bond donors (Lipinski definition) is 2. The van der Waals surface area contributed by atoms with Gasteiger partial charge in [0.25, 0.3) is 0 Å². The molecular weight excluding hydrogens is 290 g/mol. The number of furan rings is 1. The van der Waals surface area contributed by atoms with Gasteiger partial charge in [-0.1, -0.05) is 42.5 Å². The quantitative estimate of drug-likeness (QED) is 0.781. The zero-order valence-corrected chi connectivity index (χ0v) is 13.3. The molecule has 0 aliphatic carbocycles. The van der Waals surface area contributed by atoms with Crippen molar-refractivity contribution in [2.75, 3.05) is 0 Å². The van der Waals surface area contributed by atoms with Gasteiger partial charge in [0.05, 0.1) is 6.26 Å². The van der Waals surface area contributed by atoms with E-state index in [9.17, 15) is 9.90 Å². The number of amides is 1. The average molecular weight is 313 g/mol. The van der Waals surface area contributed by atoms with Gasteiger partial charge >= 0.3 is 0 Å². The largest absolute Gasteiger partial charge is 0.467 e. The van der Waals surface area contributed by atoms with Gasteiger partial charge in [-0.25, -0.2) is 0 Å². The highest BCUT2D eigenvalue weighted by Gasteiger charge is 2.15. The zero-order valence-electron chi connectivity index (χ0n) is 13.3. The van der Waals surface area contributed by atoms with Crippen LogP contribution in [-0.2, 0) is 4.79 Å². The van der Waals surface area contributed by atoms with Gasteiger partial charge in [-0.05, 0) is 31.0 Å². The zero-order chi connectivity index (χ0) is 16.5. The number of aliphatic hydroxyl groups is 1. The summed E-state index contributed by atoms with van der Waals surface area (Å²) in [5, 5.41) is 12.9. The van der Waals surface area contributed by atoms with E-state index in [0.29, 0.717) is 25.0 Å². The molecule has 0 saturated heterocycles. The molecule has 0 radical (unpaired) electrons. The van der Waals surface area contributed by atoms with Gasteiger partial charge in [0.2, 0.25) is 5.91 Å². The summed E-state index contributed by atoms with van der Waals surface area (Å²) in [6, 6.07) is 13.3. The predicted molar refractivity (Wildman–Crippen MR) is 90.6 cm³/mol. The lowest BCUT2D eigenvalue weighted by Gasteiger charge is -2.16. The van der Waals surface area contributed by atoms with E-state index in [4.69, 9.17) is 4.42 Å². The second kappa shape index (κ2) is 8.96. The third-order valence-corrected chi connectivity index (χ3v) is 3.50. The molecule has 2 N–H and O–H groups in total. The summed E-state index contributed by atoms with van der Waals surface area (Å²) in [5.74, 6) is 0.513. The van der Waals surface area contributed by atoms with Crippen LogP contribution in [0.25, 0.3) is 6.08 Å². The summed E-state index contributed by atoms with van der Waals surface area (Å²) in [7, 11) is 0. The molecule has 23 heavy (non-hydrogen) atoms. The number of nitrogens with one attached hydrogen (secondary N) is 1. The van der Waals surface area contributed by atoms with Crippen LogP contribution in [0.5, 0.6) is 0 Å². The summed E-state index contributed by atoms with van der Waals surface area (Å²) in [5.41, 5.74) is 1.13. The van der Waals surface area contributed by atoms with Crippen LogP contribution in [0, 0.1) is 0 Å². The highest BCUT2D eigenvalue weighted by molar-refractivity contribution is 5.76. The molecule has 2 rings (SSSR count). The van der Waals surface area contributed by atoms with Crippen molar-refractivity contribution in [2.24, 2.45) is 0 Å². The minimum Gasteiger partial charge on any atom is -0.467 e. The lowest BCUT2D eigenvalue weighted by atomic mass is 10.1. The Balaban J connectivity index is 1.67. The maximum absolute atomic E-state index is 11.9. The van der Waals surface area contributed by atoms with Gasteiger partial charge in [-0.3, -0.25) is 4.79 Å². The minimum absolute atomic E-state index is 0.0122. The molecule has 4 heteroatoms.